The topological polar surface area (TPSA) is 148 Å². The summed E-state index contributed by atoms with van der Waals surface area (Å²) in [7, 11) is -3.85. The van der Waals surface area contributed by atoms with Crippen LogP contribution in [0.5, 0.6) is 5.75 Å². The van der Waals surface area contributed by atoms with E-state index in [2.05, 4.69) is 5.32 Å². The number of hydrogen-bond donors (Lipinski definition) is 4. The molecule has 6 N–H and O–H groups in total. The van der Waals surface area contributed by atoms with Gasteiger partial charge in [-0.2, -0.15) is 0 Å². The SMILES string of the molecule is CC(Oc1cccc(C(=N)N)c1)C(=O)NCc1ccc(-c2ccccc2S(N)(=O)=O)cc1. The van der Waals surface area contributed by atoms with Gasteiger partial charge in [0, 0.05) is 17.7 Å². The maximum atomic E-state index is 12.4. The van der Waals surface area contributed by atoms with Crippen LogP contribution in [0.1, 0.15) is 18.1 Å². The first-order chi connectivity index (χ1) is 15.1. The second kappa shape index (κ2) is 9.63. The summed E-state index contributed by atoms with van der Waals surface area (Å²) in [6, 6.07) is 20.4. The number of nitrogens with one attached hydrogen (secondary N) is 2. The van der Waals surface area contributed by atoms with Gasteiger partial charge in [0.25, 0.3) is 5.91 Å². The van der Waals surface area contributed by atoms with Gasteiger partial charge in [-0.3, -0.25) is 10.2 Å². The Morgan fingerprint density at radius 3 is 2.41 bits per heavy atom. The molecule has 166 valence electrons. The number of carbonyl (C=O) groups is 1. The van der Waals surface area contributed by atoms with Crippen LogP contribution in [0.4, 0.5) is 0 Å². The van der Waals surface area contributed by atoms with Gasteiger partial charge < -0.3 is 15.8 Å². The summed E-state index contributed by atoms with van der Waals surface area (Å²) < 4.78 is 29.3. The average Bonchev–Trinajstić information content (AvgIpc) is 2.77. The second-order valence-electron chi connectivity index (χ2n) is 7.16. The van der Waals surface area contributed by atoms with E-state index in [0.29, 0.717) is 22.4 Å². The fourth-order valence-electron chi connectivity index (χ4n) is 3.08. The summed E-state index contributed by atoms with van der Waals surface area (Å²) in [5.74, 6) is 0.0581. The molecule has 3 aromatic rings. The predicted octanol–water partition coefficient (Wildman–Crippen LogP) is 2.37. The third kappa shape index (κ3) is 5.71. The number of amidine groups is 1. The van der Waals surface area contributed by atoms with Crippen molar-refractivity contribution in [3.05, 3.63) is 83.9 Å². The highest BCUT2D eigenvalue weighted by Crippen LogP contribution is 2.26. The zero-order valence-electron chi connectivity index (χ0n) is 17.4. The number of nitrogens with two attached hydrogens (primary N) is 2. The van der Waals surface area contributed by atoms with E-state index in [1.165, 1.54) is 6.07 Å². The van der Waals surface area contributed by atoms with E-state index < -0.39 is 16.1 Å². The number of primary sulfonamides is 1. The Hall–Kier alpha value is -3.69. The molecule has 8 nitrogen and oxygen atoms in total. The van der Waals surface area contributed by atoms with E-state index in [9.17, 15) is 13.2 Å². The molecule has 0 aliphatic carbocycles. The van der Waals surface area contributed by atoms with Crippen molar-refractivity contribution < 1.29 is 17.9 Å². The summed E-state index contributed by atoms with van der Waals surface area (Å²) in [5, 5.41) is 15.6. The molecule has 0 bridgehead atoms. The molecule has 0 radical (unpaired) electrons. The summed E-state index contributed by atoms with van der Waals surface area (Å²) in [4.78, 5) is 12.5. The van der Waals surface area contributed by atoms with Crippen LogP contribution in [0.3, 0.4) is 0 Å². The summed E-state index contributed by atoms with van der Waals surface area (Å²) in [6.07, 6.45) is -0.752. The lowest BCUT2D eigenvalue weighted by Crippen LogP contribution is -2.35. The Morgan fingerprint density at radius 1 is 1.06 bits per heavy atom. The zero-order valence-corrected chi connectivity index (χ0v) is 18.2. The maximum Gasteiger partial charge on any atom is 0.261 e. The van der Waals surface area contributed by atoms with Crippen LogP contribution in [-0.4, -0.2) is 26.3 Å². The van der Waals surface area contributed by atoms with Crippen LogP contribution in [0, 0.1) is 5.41 Å². The van der Waals surface area contributed by atoms with Crippen molar-refractivity contribution in [2.45, 2.75) is 24.5 Å². The molecule has 0 aliphatic rings. The molecule has 3 aromatic carbocycles. The minimum atomic E-state index is -3.85. The van der Waals surface area contributed by atoms with Gasteiger partial charge in [-0.1, -0.05) is 54.6 Å². The van der Waals surface area contributed by atoms with Crippen LogP contribution in [0.25, 0.3) is 11.1 Å². The molecule has 0 aliphatic heterocycles. The number of hydrogen-bond acceptors (Lipinski definition) is 5. The third-order valence-electron chi connectivity index (χ3n) is 4.75. The first-order valence-corrected chi connectivity index (χ1v) is 11.3. The van der Waals surface area contributed by atoms with Crippen molar-refractivity contribution in [1.29, 1.82) is 5.41 Å². The number of nitrogen functional groups attached to an aromatic ring is 1. The minimum absolute atomic E-state index is 0.0564. The van der Waals surface area contributed by atoms with Crippen LogP contribution in [0.2, 0.25) is 0 Å². The molecule has 0 fully saturated rings. The molecule has 1 amide bonds. The van der Waals surface area contributed by atoms with Gasteiger partial charge in [-0.15, -0.1) is 0 Å². The predicted molar refractivity (Wildman–Crippen MR) is 123 cm³/mol. The first-order valence-electron chi connectivity index (χ1n) is 9.75. The van der Waals surface area contributed by atoms with Gasteiger partial charge in [0.05, 0.1) is 4.90 Å². The largest absolute Gasteiger partial charge is 0.481 e. The Bertz CT molecular complexity index is 1240. The lowest BCUT2D eigenvalue weighted by molar-refractivity contribution is -0.127. The van der Waals surface area contributed by atoms with Crippen LogP contribution >= 0.6 is 0 Å². The molecular formula is C23H24N4O4S. The quantitative estimate of drug-likeness (QED) is 0.306. The minimum Gasteiger partial charge on any atom is -0.481 e. The van der Waals surface area contributed by atoms with Gasteiger partial charge in [0.2, 0.25) is 10.0 Å². The van der Waals surface area contributed by atoms with Gasteiger partial charge in [-0.25, -0.2) is 13.6 Å². The number of benzene rings is 3. The normalized spacial score (nSPS) is 12.1. The monoisotopic (exact) mass is 452 g/mol. The Kier molecular flexibility index (Phi) is 6.92. The average molecular weight is 453 g/mol. The summed E-state index contributed by atoms with van der Waals surface area (Å²) in [5.41, 5.74) is 8.04. The van der Waals surface area contributed by atoms with Crippen molar-refractivity contribution in [3.8, 4) is 16.9 Å². The van der Waals surface area contributed by atoms with E-state index >= 15 is 0 Å². The number of sulfonamides is 1. The third-order valence-corrected chi connectivity index (χ3v) is 5.72. The van der Waals surface area contributed by atoms with Crippen molar-refractivity contribution in [2.75, 3.05) is 0 Å². The lowest BCUT2D eigenvalue weighted by atomic mass is 10.0. The lowest BCUT2D eigenvalue weighted by Gasteiger charge is -2.15. The smallest absolute Gasteiger partial charge is 0.261 e. The van der Waals surface area contributed by atoms with E-state index in [1.807, 2.05) is 0 Å². The fourth-order valence-corrected chi connectivity index (χ4v) is 3.84. The molecule has 0 spiro atoms. The molecular weight excluding hydrogens is 428 g/mol. The second-order valence-corrected chi connectivity index (χ2v) is 8.69. The highest BCUT2D eigenvalue weighted by atomic mass is 32.2. The molecule has 0 aromatic heterocycles. The molecule has 0 heterocycles. The van der Waals surface area contributed by atoms with Crippen molar-refractivity contribution in [1.82, 2.24) is 5.32 Å². The van der Waals surface area contributed by atoms with Gasteiger partial charge >= 0.3 is 0 Å². The highest BCUT2D eigenvalue weighted by molar-refractivity contribution is 7.89. The fraction of sp³-hybridized carbons (Fsp3) is 0.130. The van der Waals surface area contributed by atoms with Crippen LogP contribution < -0.4 is 20.9 Å². The maximum absolute atomic E-state index is 12.4. The number of amides is 1. The van der Waals surface area contributed by atoms with Gasteiger partial charge in [0.15, 0.2) is 6.10 Å². The van der Waals surface area contributed by atoms with E-state index in [-0.39, 0.29) is 23.2 Å². The van der Waals surface area contributed by atoms with Gasteiger partial charge in [-0.05, 0) is 36.2 Å². The standard InChI is InChI=1S/C23H24N4O4S/c1-15(31-19-6-4-5-18(13-19)22(24)25)23(28)27-14-16-9-11-17(12-10-16)20-7-2-3-8-21(20)32(26,29)30/h2-13,15H,14H2,1H3,(H3,24,25)(H,27,28)(H2,26,29,30). The van der Waals surface area contributed by atoms with Crippen LogP contribution in [0.15, 0.2) is 77.7 Å². The Labute approximate surface area is 186 Å². The van der Waals surface area contributed by atoms with Gasteiger partial charge in [0.1, 0.15) is 11.6 Å². The van der Waals surface area contributed by atoms with E-state index in [4.69, 9.17) is 21.0 Å². The molecule has 1 unspecified atom stereocenters. The Balaban J connectivity index is 1.63. The van der Waals surface area contributed by atoms with E-state index in [1.54, 1.807) is 73.7 Å². The number of ether oxygens (including phenoxy) is 1. The molecule has 32 heavy (non-hydrogen) atoms. The van der Waals surface area contributed by atoms with Crippen molar-refractivity contribution in [2.24, 2.45) is 10.9 Å². The summed E-state index contributed by atoms with van der Waals surface area (Å²) >= 11 is 0. The van der Waals surface area contributed by atoms with Crippen molar-refractivity contribution >= 4 is 21.8 Å². The molecule has 1 atom stereocenters. The van der Waals surface area contributed by atoms with Crippen LogP contribution in [-0.2, 0) is 21.4 Å². The number of rotatable bonds is 8. The molecule has 9 heteroatoms. The zero-order chi connectivity index (χ0) is 23.3. The first kappa shape index (κ1) is 23.0. The molecule has 0 saturated carbocycles. The number of carbonyl (C=O) groups excluding carboxylic acids is 1. The van der Waals surface area contributed by atoms with E-state index in [0.717, 1.165) is 5.56 Å². The summed E-state index contributed by atoms with van der Waals surface area (Å²) in [6.45, 7) is 1.90. The Morgan fingerprint density at radius 2 is 1.75 bits per heavy atom. The van der Waals surface area contributed by atoms with Crippen molar-refractivity contribution in [3.63, 3.8) is 0 Å². The molecule has 0 saturated heterocycles. The molecule has 3 rings (SSSR count). The highest BCUT2D eigenvalue weighted by Gasteiger charge is 2.16.